The van der Waals surface area contributed by atoms with E-state index >= 15 is 0 Å². The third-order valence-corrected chi connectivity index (χ3v) is 6.88. The average Bonchev–Trinajstić information content (AvgIpc) is 3.61. The molecule has 2 aliphatic heterocycles. The molecule has 1 aromatic rings. The zero-order chi connectivity index (χ0) is 23.5. The monoisotopic (exact) mass is 456 g/mol. The van der Waals surface area contributed by atoms with Crippen molar-refractivity contribution in [1.82, 2.24) is 20.0 Å². The minimum atomic E-state index is -0.562. The Morgan fingerprint density at radius 3 is 2.61 bits per heavy atom. The van der Waals surface area contributed by atoms with Gasteiger partial charge in [0.05, 0.1) is 13.2 Å². The molecule has 8 nitrogen and oxygen atoms in total. The van der Waals surface area contributed by atoms with Gasteiger partial charge < -0.3 is 24.8 Å². The number of ether oxygens (including phenoxy) is 1. The van der Waals surface area contributed by atoms with E-state index in [2.05, 4.69) is 5.32 Å². The van der Waals surface area contributed by atoms with Gasteiger partial charge in [-0.15, -0.1) is 0 Å². The first-order valence-electron chi connectivity index (χ1n) is 12.2. The van der Waals surface area contributed by atoms with E-state index in [4.69, 9.17) is 4.74 Å². The van der Waals surface area contributed by atoms with Crippen LogP contribution in [-0.4, -0.2) is 90.4 Å². The molecule has 2 atom stereocenters. The summed E-state index contributed by atoms with van der Waals surface area (Å²) >= 11 is 0. The molecule has 1 aromatic carbocycles. The van der Waals surface area contributed by atoms with Gasteiger partial charge in [-0.05, 0) is 50.4 Å². The number of carbonyl (C=O) groups excluding carboxylic acids is 3. The zero-order valence-corrected chi connectivity index (χ0v) is 20.0. The summed E-state index contributed by atoms with van der Waals surface area (Å²) in [5, 5.41) is 3.33. The Bertz CT molecular complexity index is 877. The minimum Gasteiger partial charge on any atom is -0.497 e. The molecule has 1 N–H and O–H groups in total. The molecule has 3 amide bonds. The van der Waals surface area contributed by atoms with Crippen molar-refractivity contribution < 1.29 is 19.1 Å². The number of carbonyl (C=O) groups is 3. The van der Waals surface area contributed by atoms with Crippen LogP contribution >= 0.6 is 0 Å². The summed E-state index contributed by atoms with van der Waals surface area (Å²) in [6.07, 6.45) is 3.38. The lowest BCUT2D eigenvalue weighted by atomic mass is 10.1. The number of benzene rings is 1. The number of nitrogens with zero attached hydrogens (tertiary/aromatic N) is 3. The van der Waals surface area contributed by atoms with Crippen molar-refractivity contribution in [2.45, 2.75) is 57.7 Å². The molecule has 0 radical (unpaired) electrons. The molecule has 4 rings (SSSR count). The maximum atomic E-state index is 13.7. The fourth-order valence-corrected chi connectivity index (χ4v) is 4.98. The van der Waals surface area contributed by atoms with Crippen LogP contribution in [0.25, 0.3) is 0 Å². The van der Waals surface area contributed by atoms with E-state index in [1.54, 1.807) is 36.3 Å². The number of hydrogen-bond donors (Lipinski definition) is 1. The van der Waals surface area contributed by atoms with Crippen molar-refractivity contribution in [2.75, 3.05) is 39.8 Å². The Morgan fingerprint density at radius 2 is 1.91 bits per heavy atom. The largest absolute Gasteiger partial charge is 0.497 e. The molecule has 0 aromatic heterocycles. The van der Waals surface area contributed by atoms with Crippen molar-refractivity contribution in [2.24, 2.45) is 5.92 Å². The highest BCUT2D eigenvalue weighted by Crippen LogP contribution is 2.35. The van der Waals surface area contributed by atoms with Gasteiger partial charge in [0.25, 0.3) is 5.91 Å². The second-order valence-electron chi connectivity index (χ2n) is 9.66. The van der Waals surface area contributed by atoms with E-state index in [-0.39, 0.29) is 35.7 Å². The molecule has 2 unspecified atom stereocenters. The van der Waals surface area contributed by atoms with Crippen LogP contribution in [0.3, 0.4) is 0 Å². The fourth-order valence-electron chi connectivity index (χ4n) is 4.98. The Balaban J connectivity index is 1.62. The van der Waals surface area contributed by atoms with Gasteiger partial charge in [-0.2, -0.15) is 0 Å². The maximum absolute atomic E-state index is 13.7. The SMILES string of the molecule is COc1cccc(C(=O)N2CC(N(C(=O)C(C)C)C3CC3)CC2C(=O)N2CCCNCC2)c1. The van der Waals surface area contributed by atoms with Gasteiger partial charge in [-0.3, -0.25) is 14.4 Å². The normalized spacial score (nSPS) is 23.4. The van der Waals surface area contributed by atoms with Crippen LogP contribution in [0.2, 0.25) is 0 Å². The van der Waals surface area contributed by atoms with Crippen molar-refractivity contribution >= 4 is 17.7 Å². The minimum absolute atomic E-state index is 0.00908. The third-order valence-electron chi connectivity index (χ3n) is 6.88. The molecule has 2 heterocycles. The highest BCUT2D eigenvalue weighted by atomic mass is 16.5. The van der Waals surface area contributed by atoms with Crippen molar-refractivity contribution in [1.29, 1.82) is 0 Å². The summed E-state index contributed by atoms with van der Waals surface area (Å²) in [7, 11) is 1.57. The fraction of sp³-hybridized carbons (Fsp3) is 0.640. The van der Waals surface area contributed by atoms with E-state index in [0.29, 0.717) is 37.4 Å². The predicted molar refractivity (Wildman–Crippen MR) is 125 cm³/mol. The molecule has 1 aliphatic carbocycles. The second kappa shape index (κ2) is 10.1. The number of methoxy groups -OCH3 is 1. The maximum Gasteiger partial charge on any atom is 0.254 e. The topological polar surface area (TPSA) is 82.2 Å². The van der Waals surface area contributed by atoms with E-state index in [1.807, 2.05) is 23.6 Å². The Kier molecular flexibility index (Phi) is 7.22. The van der Waals surface area contributed by atoms with Crippen molar-refractivity contribution in [3.05, 3.63) is 29.8 Å². The summed E-state index contributed by atoms with van der Waals surface area (Å²) in [4.78, 5) is 45.9. The van der Waals surface area contributed by atoms with Crippen LogP contribution in [0.5, 0.6) is 5.75 Å². The zero-order valence-electron chi connectivity index (χ0n) is 20.0. The summed E-state index contributed by atoms with van der Waals surface area (Å²) in [5.74, 6) is 0.413. The average molecular weight is 457 g/mol. The van der Waals surface area contributed by atoms with Crippen LogP contribution in [0.1, 0.15) is 49.9 Å². The standard InChI is InChI=1S/C25H36N4O4/c1-17(2)23(30)29(19-8-9-19)20-15-22(25(32)27-12-5-10-26-11-13-27)28(16-20)24(31)18-6-4-7-21(14-18)33-3/h4,6-7,14,17,19-20,22,26H,5,8-13,15-16H2,1-3H3. The van der Waals surface area contributed by atoms with Gasteiger partial charge in [-0.1, -0.05) is 19.9 Å². The summed E-state index contributed by atoms with van der Waals surface area (Å²) in [5.41, 5.74) is 0.499. The lowest BCUT2D eigenvalue weighted by Crippen LogP contribution is -2.48. The third kappa shape index (κ3) is 5.16. The number of amides is 3. The van der Waals surface area contributed by atoms with Gasteiger partial charge in [0.15, 0.2) is 0 Å². The number of hydrogen-bond acceptors (Lipinski definition) is 5. The van der Waals surface area contributed by atoms with Gasteiger partial charge >= 0.3 is 0 Å². The predicted octanol–water partition coefficient (Wildman–Crippen LogP) is 1.75. The first-order chi connectivity index (χ1) is 15.9. The number of nitrogens with one attached hydrogen (secondary N) is 1. The van der Waals surface area contributed by atoms with Crippen LogP contribution in [0.4, 0.5) is 0 Å². The van der Waals surface area contributed by atoms with Crippen molar-refractivity contribution in [3.8, 4) is 5.75 Å². The van der Waals surface area contributed by atoms with E-state index in [0.717, 1.165) is 32.4 Å². The molecule has 0 spiro atoms. The summed E-state index contributed by atoms with van der Waals surface area (Å²) < 4.78 is 5.30. The van der Waals surface area contributed by atoms with Crippen LogP contribution < -0.4 is 10.1 Å². The van der Waals surface area contributed by atoms with Gasteiger partial charge in [0, 0.05) is 43.7 Å². The van der Waals surface area contributed by atoms with Crippen LogP contribution in [-0.2, 0) is 9.59 Å². The number of rotatable bonds is 6. The number of likely N-dealkylation sites (tertiary alicyclic amines) is 1. The Labute approximate surface area is 196 Å². The Hall–Kier alpha value is -2.61. The highest BCUT2D eigenvalue weighted by molar-refractivity contribution is 5.98. The second-order valence-corrected chi connectivity index (χ2v) is 9.66. The molecule has 2 saturated heterocycles. The Morgan fingerprint density at radius 1 is 1.12 bits per heavy atom. The molecule has 3 fully saturated rings. The van der Waals surface area contributed by atoms with Gasteiger partial charge in [0.2, 0.25) is 11.8 Å². The molecule has 0 bridgehead atoms. The molecular formula is C25H36N4O4. The van der Waals surface area contributed by atoms with Crippen molar-refractivity contribution in [3.63, 3.8) is 0 Å². The molecule has 3 aliphatic rings. The lowest BCUT2D eigenvalue weighted by Gasteiger charge is -2.30. The first kappa shape index (κ1) is 23.5. The quantitative estimate of drug-likeness (QED) is 0.705. The molecule has 180 valence electrons. The van der Waals surface area contributed by atoms with Gasteiger partial charge in [-0.25, -0.2) is 0 Å². The lowest BCUT2D eigenvalue weighted by molar-refractivity contribution is -0.138. The summed E-state index contributed by atoms with van der Waals surface area (Å²) in [6, 6.07) is 6.59. The summed E-state index contributed by atoms with van der Waals surface area (Å²) in [6.45, 7) is 7.18. The molecular weight excluding hydrogens is 420 g/mol. The van der Waals surface area contributed by atoms with Crippen LogP contribution in [0, 0.1) is 5.92 Å². The van der Waals surface area contributed by atoms with E-state index in [1.165, 1.54) is 0 Å². The molecule has 1 saturated carbocycles. The molecule has 33 heavy (non-hydrogen) atoms. The van der Waals surface area contributed by atoms with E-state index in [9.17, 15) is 14.4 Å². The van der Waals surface area contributed by atoms with E-state index < -0.39 is 6.04 Å². The van der Waals surface area contributed by atoms with Gasteiger partial charge in [0.1, 0.15) is 11.8 Å². The smallest absolute Gasteiger partial charge is 0.254 e. The highest BCUT2D eigenvalue weighted by Gasteiger charge is 2.48. The first-order valence-corrected chi connectivity index (χ1v) is 12.2. The van der Waals surface area contributed by atoms with Crippen LogP contribution in [0.15, 0.2) is 24.3 Å². The molecule has 8 heteroatoms.